The summed E-state index contributed by atoms with van der Waals surface area (Å²) in [6, 6.07) is 8.49. The van der Waals surface area contributed by atoms with Crippen molar-refractivity contribution in [1.29, 1.82) is 0 Å². The van der Waals surface area contributed by atoms with Crippen molar-refractivity contribution < 1.29 is 9.90 Å². The summed E-state index contributed by atoms with van der Waals surface area (Å²) in [4.78, 5) is 28.6. The molecule has 1 aromatic heterocycles. The van der Waals surface area contributed by atoms with E-state index >= 15 is 0 Å². The van der Waals surface area contributed by atoms with Crippen LogP contribution in [-0.4, -0.2) is 27.4 Å². The van der Waals surface area contributed by atoms with Crippen LogP contribution < -0.4 is 5.56 Å². The van der Waals surface area contributed by atoms with Crippen LogP contribution in [0.4, 0.5) is 0 Å². The van der Waals surface area contributed by atoms with Crippen molar-refractivity contribution in [3.05, 3.63) is 63.1 Å². The van der Waals surface area contributed by atoms with Gasteiger partial charge in [-0.15, -0.1) is 0 Å². The molecule has 0 saturated carbocycles. The molecule has 0 unspecified atom stereocenters. The SMILES string of the molecule is Cc1ccc(C(=O)N2CCc3ccc(O)cc3C2)c(=O)[nH]1. The number of phenolic OH excluding ortho intramolecular Hbond substituents is 1. The van der Waals surface area contributed by atoms with Crippen molar-refractivity contribution in [1.82, 2.24) is 9.88 Å². The molecule has 0 atom stereocenters. The van der Waals surface area contributed by atoms with E-state index in [2.05, 4.69) is 4.98 Å². The number of benzene rings is 1. The summed E-state index contributed by atoms with van der Waals surface area (Å²) in [6.07, 6.45) is 0.727. The number of aromatic amines is 1. The molecule has 0 fully saturated rings. The van der Waals surface area contributed by atoms with Gasteiger partial charge in [-0.25, -0.2) is 0 Å². The predicted molar refractivity (Wildman–Crippen MR) is 78.4 cm³/mol. The van der Waals surface area contributed by atoms with E-state index in [1.807, 2.05) is 6.07 Å². The Hall–Kier alpha value is -2.56. The number of rotatable bonds is 1. The van der Waals surface area contributed by atoms with Crippen molar-refractivity contribution >= 4 is 5.91 Å². The molecule has 0 aliphatic carbocycles. The van der Waals surface area contributed by atoms with Crippen LogP contribution >= 0.6 is 0 Å². The monoisotopic (exact) mass is 284 g/mol. The minimum atomic E-state index is -0.360. The van der Waals surface area contributed by atoms with Gasteiger partial charge in [0.05, 0.1) is 0 Å². The molecule has 0 saturated heterocycles. The van der Waals surface area contributed by atoms with E-state index in [0.717, 1.165) is 23.2 Å². The summed E-state index contributed by atoms with van der Waals surface area (Å²) >= 11 is 0. The lowest BCUT2D eigenvalue weighted by Gasteiger charge is -2.28. The Labute approximate surface area is 121 Å². The van der Waals surface area contributed by atoms with Crippen LogP contribution in [0.15, 0.2) is 35.1 Å². The number of carbonyl (C=O) groups is 1. The van der Waals surface area contributed by atoms with E-state index in [1.165, 1.54) is 0 Å². The molecular formula is C16H16N2O3. The summed E-state index contributed by atoms with van der Waals surface area (Å²) < 4.78 is 0. The molecule has 0 spiro atoms. The molecular weight excluding hydrogens is 268 g/mol. The zero-order chi connectivity index (χ0) is 15.0. The number of hydrogen-bond donors (Lipinski definition) is 2. The van der Waals surface area contributed by atoms with Gasteiger partial charge in [0.2, 0.25) is 0 Å². The first-order chi connectivity index (χ1) is 10.0. The first-order valence-corrected chi connectivity index (χ1v) is 6.84. The molecule has 1 amide bonds. The lowest BCUT2D eigenvalue weighted by molar-refractivity contribution is 0.0732. The first kappa shape index (κ1) is 13.4. The molecule has 1 aliphatic rings. The summed E-state index contributed by atoms with van der Waals surface area (Å²) in [5.41, 5.74) is 2.59. The number of aromatic nitrogens is 1. The minimum absolute atomic E-state index is 0.157. The molecule has 5 heteroatoms. The second kappa shape index (κ2) is 5.09. The molecule has 0 bridgehead atoms. The quantitative estimate of drug-likeness (QED) is 0.835. The standard InChI is InChI=1S/C16H16N2O3/c1-10-2-5-14(15(20)17-10)16(21)18-7-6-11-3-4-13(19)8-12(11)9-18/h2-5,8,19H,6-7,9H2,1H3,(H,17,20). The molecule has 2 aromatic rings. The maximum atomic E-state index is 12.5. The topological polar surface area (TPSA) is 73.4 Å². The molecule has 5 nitrogen and oxygen atoms in total. The number of aryl methyl sites for hydroxylation is 1. The van der Waals surface area contributed by atoms with Gasteiger partial charge < -0.3 is 15.0 Å². The van der Waals surface area contributed by atoms with Gasteiger partial charge in [0, 0.05) is 18.8 Å². The zero-order valence-electron chi connectivity index (χ0n) is 11.7. The second-order valence-electron chi connectivity index (χ2n) is 5.31. The fraction of sp³-hybridized carbons (Fsp3) is 0.250. The van der Waals surface area contributed by atoms with E-state index in [1.54, 1.807) is 36.1 Å². The number of carbonyl (C=O) groups excluding carboxylic acids is 1. The number of nitrogens with zero attached hydrogens (tertiary/aromatic N) is 1. The van der Waals surface area contributed by atoms with Crippen molar-refractivity contribution in [3.63, 3.8) is 0 Å². The van der Waals surface area contributed by atoms with Crippen LogP contribution in [0.3, 0.4) is 0 Å². The van der Waals surface area contributed by atoms with Gasteiger partial charge in [-0.1, -0.05) is 6.07 Å². The van der Waals surface area contributed by atoms with Crippen LogP contribution in [0.1, 0.15) is 27.2 Å². The largest absolute Gasteiger partial charge is 0.508 e. The van der Waals surface area contributed by atoms with E-state index in [-0.39, 0.29) is 22.8 Å². The average Bonchev–Trinajstić information content (AvgIpc) is 2.46. The number of fused-ring (bicyclic) bond motifs is 1. The van der Waals surface area contributed by atoms with Crippen molar-refractivity contribution in [3.8, 4) is 5.75 Å². The number of phenols is 1. The number of H-pyrrole nitrogens is 1. The molecule has 1 aliphatic heterocycles. The van der Waals surface area contributed by atoms with Gasteiger partial charge in [-0.05, 0) is 48.7 Å². The lowest BCUT2D eigenvalue weighted by Crippen LogP contribution is -2.38. The third kappa shape index (κ3) is 2.54. The summed E-state index contributed by atoms with van der Waals surface area (Å²) in [6.45, 7) is 2.76. The fourth-order valence-electron chi connectivity index (χ4n) is 2.63. The number of amides is 1. The molecule has 1 aromatic carbocycles. The number of aromatic hydroxyl groups is 1. The van der Waals surface area contributed by atoms with Gasteiger partial charge in [-0.3, -0.25) is 9.59 Å². The number of nitrogens with one attached hydrogen (secondary N) is 1. The van der Waals surface area contributed by atoms with Gasteiger partial charge >= 0.3 is 0 Å². The van der Waals surface area contributed by atoms with E-state index in [9.17, 15) is 14.7 Å². The lowest BCUT2D eigenvalue weighted by atomic mass is 9.99. The normalized spacial score (nSPS) is 13.9. The highest BCUT2D eigenvalue weighted by Crippen LogP contribution is 2.23. The predicted octanol–water partition coefficient (Wildman–Crippen LogP) is 1.59. The van der Waals surface area contributed by atoms with Crippen LogP contribution in [0.25, 0.3) is 0 Å². The Bertz CT molecular complexity index is 764. The van der Waals surface area contributed by atoms with Gasteiger partial charge in [0.15, 0.2) is 0 Å². The Morgan fingerprint density at radius 3 is 2.81 bits per heavy atom. The molecule has 2 N–H and O–H groups in total. The maximum absolute atomic E-state index is 12.5. The number of hydrogen-bond acceptors (Lipinski definition) is 3. The Morgan fingerprint density at radius 1 is 1.24 bits per heavy atom. The Balaban J connectivity index is 1.88. The van der Waals surface area contributed by atoms with Crippen molar-refractivity contribution in [2.24, 2.45) is 0 Å². The van der Waals surface area contributed by atoms with Crippen LogP contribution in [0, 0.1) is 6.92 Å². The van der Waals surface area contributed by atoms with Gasteiger partial charge in [-0.2, -0.15) is 0 Å². The minimum Gasteiger partial charge on any atom is -0.508 e. The fourth-order valence-corrected chi connectivity index (χ4v) is 2.63. The molecule has 2 heterocycles. The average molecular weight is 284 g/mol. The van der Waals surface area contributed by atoms with Crippen molar-refractivity contribution in [2.75, 3.05) is 6.54 Å². The summed E-state index contributed by atoms with van der Waals surface area (Å²) in [5, 5.41) is 9.55. The van der Waals surface area contributed by atoms with Gasteiger partial charge in [0.25, 0.3) is 11.5 Å². The zero-order valence-corrected chi connectivity index (χ0v) is 11.7. The smallest absolute Gasteiger partial charge is 0.260 e. The van der Waals surface area contributed by atoms with Gasteiger partial charge in [0.1, 0.15) is 11.3 Å². The Morgan fingerprint density at radius 2 is 2.05 bits per heavy atom. The third-order valence-electron chi connectivity index (χ3n) is 3.78. The van der Waals surface area contributed by atoms with Crippen LogP contribution in [0.2, 0.25) is 0 Å². The third-order valence-corrected chi connectivity index (χ3v) is 3.78. The molecule has 21 heavy (non-hydrogen) atoms. The first-order valence-electron chi connectivity index (χ1n) is 6.84. The highest BCUT2D eigenvalue weighted by molar-refractivity contribution is 5.94. The molecule has 3 rings (SSSR count). The summed E-state index contributed by atoms with van der Waals surface area (Å²) in [5.74, 6) is -0.0820. The highest BCUT2D eigenvalue weighted by Gasteiger charge is 2.23. The van der Waals surface area contributed by atoms with Crippen LogP contribution in [-0.2, 0) is 13.0 Å². The van der Waals surface area contributed by atoms with Crippen LogP contribution in [0.5, 0.6) is 5.75 Å². The number of pyridine rings is 1. The van der Waals surface area contributed by atoms with E-state index in [0.29, 0.717) is 13.1 Å². The highest BCUT2D eigenvalue weighted by atomic mass is 16.3. The van der Waals surface area contributed by atoms with E-state index < -0.39 is 0 Å². The molecule has 108 valence electrons. The maximum Gasteiger partial charge on any atom is 0.260 e. The Kier molecular flexibility index (Phi) is 3.25. The molecule has 0 radical (unpaired) electrons. The van der Waals surface area contributed by atoms with Crippen molar-refractivity contribution in [2.45, 2.75) is 19.9 Å². The van der Waals surface area contributed by atoms with E-state index in [4.69, 9.17) is 0 Å². The summed E-state index contributed by atoms with van der Waals surface area (Å²) in [7, 11) is 0. The second-order valence-corrected chi connectivity index (χ2v) is 5.31.